The van der Waals surface area contributed by atoms with Gasteiger partial charge in [0, 0.05) is 19.5 Å². The smallest absolute Gasteiger partial charge is 0.254 e. The first-order valence-corrected chi connectivity index (χ1v) is 8.61. The van der Waals surface area contributed by atoms with Crippen molar-refractivity contribution in [3.05, 3.63) is 71.3 Å². The van der Waals surface area contributed by atoms with E-state index < -0.39 is 11.7 Å². The minimum absolute atomic E-state index is 0.0199. The summed E-state index contributed by atoms with van der Waals surface area (Å²) in [6.45, 7) is 0.782. The second-order valence-corrected chi connectivity index (χ2v) is 6.37. The van der Waals surface area contributed by atoms with Crippen molar-refractivity contribution in [1.82, 2.24) is 10.2 Å². The fourth-order valence-electron chi connectivity index (χ4n) is 3.23. The van der Waals surface area contributed by atoms with Crippen LogP contribution >= 0.6 is 0 Å². The molecule has 4 nitrogen and oxygen atoms in total. The monoisotopic (exact) mass is 358 g/mol. The zero-order chi connectivity index (χ0) is 18.5. The van der Waals surface area contributed by atoms with Crippen LogP contribution in [0.3, 0.4) is 0 Å². The summed E-state index contributed by atoms with van der Waals surface area (Å²) >= 11 is 0. The lowest BCUT2D eigenvalue weighted by atomic mass is 10.0. The van der Waals surface area contributed by atoms with E-state index in [4.69, 9.17) is 0 Å². The molecule has 3 rings (SSSR count). The summed E-state index contributed by atoms with van der Waals surface area (Å²) in [5.41, 5.74) is 0.708. The lowest BCUT2D eigenvalue weighted by Crippen LogP contribution is -2.46. The highest BCUT2D eigenvalue weighted by Gasteiger charge is 2.28. The minimum Gasteiger partial charge on any atom is -0.350 e. The van der Waals surface area contributed by atoms with Crippen molar-refractivity contribution in [3.63, 3.8) is 0 Å². The number of carbonyl (C=O) groups is 2. The van der Waals surface area contributed by atoms with Crippen molar-refractivity contribution in [2.75, 3.05) is 13.1 Å². The Labute approximate surface area is 150 Å². The van der Waals surface area contributed by atoms with Crippen LogP contribution in [0.25, 0.3) is 0 Å². The third kappa shape index (κ3) is 4.25. The molecule has 0 spiro atoms. The maximum atomic E-state index is 13.8. The molecule has 2 amide bonds. The van der Waals surface area contributed by atoms with E-state index in [-0.39, 0.29) is 29.9 Å². The molecule has 2 aromatic carbocycles. The van der Waals surface area contributed by atoms with Crippen LogP contribution in [-0.2, 0) is 11.2 Å². The van der Waals surface area contributed by atoms with E-state index in [1.807, 2.05) is 0 Å². The molecule has 2 aromatic rings. The first kappa shape index (κ1) is 18.0. The molecule has 1 fully saturated rings. The number of nitrogens with zero attached hydrogens (tertiary/aromatic N) is 1. The Hall–Kier alpha value is -2.76. The Kier molecular flexibility index (Phi) is 5.61. The number of likely N-dealkylation sites (tertiary alicyclic amines) is 1. The van der Waals surface area contributed by atoms with E-state index in [1.54, 1.807) is 23.1 Å². The first-order valence-electron chi connectivity index (χ1n) is 8.61. The molecule has 0 bridgehead atoms. The summed E-state index contributed by atoms with van der Waals surface area (Å²) in [7, 11) is 0. The Morgan fingerprint density at radius 2 is 1.96 bits per heavy atom. The molecule has 26 heavy (non-hydrogen) atoms. The van der Waals surface area contributed by atoms with Crippen molar-refractivity contribution in [3.8, 4) is 0 Å². The predicted octanol–water partition coefficient (Wildman–Crippen LogP) is 2.93. The van der Waals surface area contributed by atoms with Gasteiger partial charge in [-0.3, -0.25) is 9.59 Å². The highest BCUT2D eigenvalue weighted by molar-refractivity contribution is 5.94. The van der Waals surface area contributed by atoms with Crippen molar-refractivity contribution in [1.29, 1.82) is 0 Å². The van der Waals surface area contributed by atoms with Crippen LogP contribution in [0.5, 0.6) is 0 Å². The zero-order valence-electron chi connectivity index (χ0n) is 14.3. The summed E-state index contributed by atoms with van der Waals surface area (Å²) in [6.07, 6.45) is 1.65. The highest BCUT2D eigenvalue weighted by atomic mass is 19.1. The highest BCUT2D eigenvalue weighted by Crippen LogP contribution is 2.18. The fourth-order valence-corrected chi connectivity index (χ4v) is 3.23. The third-order valence-corrected chi connectivity index (χ3v) is 4.53. The summed E-state index contributed by atoms with van der Waals surface area (Å²) in [5.74, 6) is -1.45. The van der Waals surface area contributed by atoms with Gasteiger partial charge >= 0.3 is 0 Å². The number of hydrogen-bond donors (Lipinski definition) is 1. The maximum Gasteiger partial charge on any atom is 0.254 e. The van der Waals surface area contributed by atoms with Gasteiger partial charge in [-0.1, -0.05) is 24.3 Å². The van der Waals surface area contributed by atoms with Gasteiger partial charge in [0.1, 0.15) is 11.6 Å². The summed E-state index contributed by atoms with van der Waals surface area (Å²) in [5, 5.41) is 2.71. The van der Waals surface area contributed by atoms with E-state index >= 15 is 0 Å². The van der Waals surface area contributed by atoms with Crippen LogP contribution in [0, 0.1) is 11.6 Å². The zero-order valence-corrected chi connectivity index (χ0v) is 14.3. The largest absolute Gasteiger partial charge is 0.350 e. The molecule has 0 unspecified atom stereocenters. The standard InChI is InChI=1S/C20H20F2N2O2/c21-15-6-3-5-14(11-15)12-16(24-10-4-9-19(24)25)13-23-20(26)17-7-1-2-8-18(17)22/h1-3,5-8,11,16H,4,9-10,12-13H2,(H,23,26)/t16-/m0/s1. The molecule has 0 aromatic heterocycles. The van der Waals surface area contributed by atoms with E-state index in [0.717, 1.165) is 12.0 Å². The van der Waals surface area contributed by atoms with Gasteiger partial charge in [0.2, 0.25) is 5.91 Å². The van der Waals surface area contributed by atoms with Crippen LogP contribution in [-0.4, -0.2) is 35.8 Å². The first-order chi connectivity index (χ1) is 12.5. The van der Waals surface area contributed by atoms with E-state index in [1.165, 1.54) is 30.3 Å². The average molecular weight is 358 g/mol. The molecule has 0 aliphatic carbocycles. The number of amides is 2. The van der Waals surface area contributed by atoms with Gasteiger partial charge in [0.15, 0.2) is 0 Å². The van der Waals surface area contributed by atoms with E-state index in [9.17, 15) is 18.4 Å². The number of carbonyl (C=O) groups excluding carboxylic acids is 2. The quantitative estimate of drug-likeness (QED) is 0.863. The number of hydrogen-bond acceptors (Lipinski definition) is 2. The number of rotatable bonds is 6. The SMILES string of the molecule is O=C(NC[C@H](Cc1cccc(F)c1)N1CCCC1=O)c1ccccc1F. The molecule has 136 valence electrons. The van der Waals surface area contributed by atoms with Crippen molar-refractivity contribution >= 4 is 11.8 Å². The molecule has 1 aliphatic rings. The number of nitrogens with one attached hydrogen (secondary N) is 1. The van der Waals surface area contributed by atoms with Gasteiger partial charge in [-0.2, -0.15) is 0 Å². The van der Waals surface area contributed by atoms with Gasteiger partial charge in [-0.25, -0.2) is 8.78 Å². The molecule has 0 radical (unpaired) electrons. The summed E-state index contributed by atoms with van der Waals surface area (Å²) in [4.78, 5) is 26.1. The van der Waals surface area contributed by atoms with Gasteiger partial charge in [0.25, 0.3) is 5.91 Å². The lowest BCUT2D eigenvalue weighted by molar-refractivity contribution is -0.129. The molecule has 1 heterocycles. The van der Waals surface area contributed by atoms with Crippen LogP contribution in [0.4, 0.5) is 8.78 Å². The van der Waals surface area contributed by atoms with E-state index in [2.05, 4.69) is 5.32 Å². The van der Waals surface area contributed by atoms with Crippen LogP contribution < -0.4 is 5.32 Å². The molecule has 0 saturated carbocycles. The summed E-state index contributed by atoms with van der Waals surface area (Å²) < 4.78 is 27.2. The van der Waals surface area contributed by atoms with Gasteiger partial charge in [-0.05, 0) is 42.7 Å². The molecule has 6 heteroatoms. The van der Waals surface area contributed by atoms with Crippen LogP contribution in [0.2, 0.25) is 0 Å². The third-order valence-electron chi connectivity index (χ3n) is 4.53. The molecular formula is C20H20F2N2O2. The Morgan fingerprint density at radius 3 is 2.65 bits per heavy atom. The molecule has 1 atom stereocenters. The van der Waals surface area contributed by atoms with E-state index in [0.29, 0.717) is 19.4 Å². The van der Waals surface area contributed by atoms with Crippen LogP contribution in [0.1, 0.15) is 28.8 Å². The second kappa shape index (κ2) is 8.08. The Bertz CT molecular complexity index is 810. The molecule has 1 saturated heterocycles. The predicted molar refractivity (Wildman–Crippen MR) is 93.6 cm³/mol. The van der Waals surface area contributed by atoms with Crippen molar-refractivity contribution in [2.45, 2.75) is 25.3 Å². The normalized spacial score (nSPS) is 15.2. The molecule has 1 aliphatic heterocycles. The topological polar surface area (TPSA) is 49.4 Å². The number of benzene rings is 2. The molecule has 1 N–H and O–H groups in total. The second-order valence-electron chi connectivity index (χ2n) is 6.37. The minimum atomic E-state index is -0.594. The average Bonchev–Trinajstić information content (AvgIpc) is 3.04. The summed E-state index contributed by atoms with van der Waals surface area (Å²) in [6, 6.07) is 11.6. The van der Waals surface area contributed by atoms with Crippen molar-refractivity contribution in [2.24, 2.45) is 0 Å². The van der Waals surface area contributed by atoms with Crippen LogP contribution in [0.15, 0.2) is 48.5 Å². The van der Waals surface area contributed by atoms with Gasteiger partial charge < -0.3 is 10.2 Å². The maximum absolute atomic E-state index is 13.8. The molecular weight excluding hydrogens is 338 g/mol. The lowest BCUT2D eigenvalue weighted by Gasteiger charge is -2.28. The van der Waals surface area contributed by atoms with Gasteiger partial charge in [-0.15, -0.1) is 0 Å². The fraction of sp³-hybridized carbons (Fsp3) is 0.300. The van der Waals surface area contributed by atoms with Crippen molar-refractivity contribution < 1.29 is 18.4 Å². The Morgan fingerprint density at radius 1 is 1.15 bits per heavy atom. The van der Waals surface area contributed by atoms with Gasteiger partial charge in [0.05, 0.1) is 11.6 Å². The number of halogens is 2. The Balaban J connectivity index is 1.72.